The lowest BCUT2D eigenvalue weighted by molar-refractivity contribution is 0.227. The highest BCUT2D eigenvalue weighted by atomic mass is 32.2. The van der Waals surface area contributed by atoms with E-state index in [1.807, 2.05) is 13.8 Å². The van der Waals surface area contributed by atoms with Gasteiger partial charge in [-0.2, -0.15) is 4.40 Å². The maximum atomic E-state index is 8.20. The summed E-state index contributed by atoms with van der Waals surface area (Å²) in [5.41, 5.74) is 0. The predicted molar refractivity (Wildman–Crippen MR) is 39.5 cm³/mol. The Labute approximate surface area is 59.5 Å². The average molecular weight is 149 g/mol. The van der Waals surface area contributed by atoms with E-state index < -0.39 is 0 Å². The van der Waals surface area contributed by atoms with Crippen LogP contribution in [0.2, 0.25) is 0 Å². The summed E-state index contributed by atoms with van der Waals surface area (Å²) in [5.74, 6) is 0.498. The summed E-state index contributed by atoms with van der Waals surface area (Å²) < 4.78 is 16.8. The Bertz CT molecular complexity index is 103. The third-order valence-electron chi connectivity index (χ3n) is 0.576. The molecule has 0 aromatic rings. The van der Waals surface area contributed by atoms with Gasteiger partial charge in [0, 0.05) is 6.92 Å². The van der Waals surface area contributed by atoms with Crippen molar-refractivity contribution in [2.24, 2.45) is 4.40 Å². The molecule has 0 spiro atoms. The van der Waals surface area contributed by atoms with Gasteiger partial charge in [-0.3, -0.25) is 0 Å². The van der Waals surface area contributed by atoms with E-state index in [9.17, 15) is 0 Å². The standard InChI is InChI=1S/C5H11NO2S/c1-4(2)8-5(3)6-9-7/h4,7H,1-3H3/b6-5+. The van der Waals surface area contributed by atoms with E-state index >= 15 is 0 Å². The summed E-state index contributed by atoms with van der Waals surface area (Å²) in [5, 5.41) is 0. The first kappa shape index (κ1) is 8.78. The van der Waals surface area contributed by atoms with Gasteiger partial charge in [0.25, 0.3) is 0 Å². The summed E-state index contributed by atoms with van der Waals surface area (Å²) in [6.45, 7) is 5.51. The molecule has 54 valence electrons. The molecule has 3 nitrogen and oxygen atoms in total. The Hall–Kier alpha value is -0.220. The lowest BCUT2D eigenvalue weighted by Gasteiger charge is -2.06. The van der Waals surface area contributed by atoms with Crippen LogP contribution in [-0.4, -0.2) is 16.6 Å². The zero-order chi connectivity index (χ0) is 7.28. The molecule has 0 saturated carbocycles. The zero-order valence-electron chi connectivity index (χ0n) is 5.79. The second kappa shape index (κ2) is 4.64. The first-order valence-electron chi connectivity index (χ1n) is 2.68. The fourth-order valence-electron chi connectivity index (χ4n) is 0.420. The van der Waals surface area contributed by atoms with Crippen molar-refractivity contribution in [2.45, 2.75) is 26.9 Å². The zero-order valence-corrected chi connectivity index (χ0v) is 6.60. The lowest BCUT2D eigenvalue weighted by Crippen LogP contribution is -2.06. The van der Waals surface area contributed by atoms with Gasteiger partial charge >= 0.3 is 0 Å². The van der Waals surface area contributed by atoms with E-state index in [-0.39, 0.29) is 6.10 Å². The van der Waals surface area contributed by atoms with Crippen LogP contribution in [-0.2, 0) is 4.74 Å². The summed E-state index contributed by atoms with van der Waals surface area (Å²) >= 11 is 0.415. The van der Waals surface area contributed by atoms with Crippen LogP contribution in [0.3, 0.4) is 0 Å². The molecular formula is C5H11NO2S. The number of hydrogen-bond donors (Lipinski definition) is 1. The normalized spacial score (nSPS) is 12.3. The summed E-state index contributed by atoms with van der Waals surface area (Å²) in [6, 6.07) is 0. The minimum absolute atomic E-state index is 0.126. The first-order chi connectivity index (χ1) is 4.16. The molecule has 0 aliphatic heterocycles. The van der Waals surface area contributed by atoms with E-state index in [0.29, 0.717) is 18.1 Å². The Morgan fingerprint density at radius 3 is 2.56 bits per heavy atom. The van der Waals surface area contributed by atoms with Crippen molar-refractivity contribution in [3.05, 3.63) is 0 Å². The molecule has 0 aliphatic carbocycles. The minimum atomic E-state index is 0.126. The highest BCUT2D eigenvalue weighted by Crippen LogP contribution is 1.97. The van der Waals surface area contributed by atoms with Gasteiger partial charge in [-0.1, -0.05) is 0 Å². The van der Waals surface area contributed by atoms with Crippen LogP contribution in [0.5, 0.6) is 0 Å². The van der Waals surface area contributed by atoms with E-state index in [1.54, 1.807) is 6.92 Å². The molecular weight excluding hydrogens is 138 g/mol. The number of nitrogens with zero attached hydrogens (tertiary/aromatic N) is 1. The summed E-state index contributed by atoms with van der Waals surface area (Å²) in [6.07, 6.45) is 0.126. The molecule has 0 aromatic carbocycles. The minimum Gasteiger partial charge on any atom is -0.478 e. The molecule has 9 heavy (non-hydrogen) atoms. The molecule has 0 atom stereocenters. The molecule has 0 aliphatic rings. The van der Waals surface area contributed by atoms with Crippen molar-refractivity contribution >= 4 is 18.1 Å². The molecule has 0 heterocycles. The van der Waals surface area contributed by atoms with Crippen LogP contribution >= 0.6 is 12.2 Å². The molecule has 4 heteroatoms. The molecule has 0 saturated heterocycles. The maximum Gasteiger partial charge on any atom is 0.194 e. The molecule has 0 aromatic heterocycles. The Balaban J connectivity index is 3.49. The van der Waals surface area contributed by atoms with Crippen molar-refractivity contribution in [3.63, 3.8) is 0 Å². The van der Waals surface area contributed by atoms with Crippen LogP contribution in [0, 0.1) is 0 Å². The van der Waals surface area contributed by atoms with Gasteiger partial charge in [-0.05, 0) is 13.8 Å². The fraction of sp³-hybridized carbons (Fsp3) is 0.800. The van der Waals surface area contributed by atoms with Crippen LogP contribution < -0.4 is 0 Å². The highest BCUT2D eigenvalue weighted by Gasteiger charge is 1.94. The van der Waals surface area contributed by atoms with Gasteiger partial charge in [0.05, 0.1) is 6.10 Å². The topological polar surface area (TPSA) is 41.8 Å². The largest absolute Gasteiger partial charge is 0.478 e. The van der Waals surface area contributed by atoms with Crippen molar-refractivity contribution < 1.29 is 9.29 Å². The van der Waals surface area contributed by atoms with Crippen molar-refractivity contribution in [1.82, 2.24) is 0 Å². The second-order valence-corrected chi connectivity index (χ2v) is 2.20. The van der Waals surface area contributed by atoms with Crippen molar-refractivity contribution in [2.75, 3.05) is 0 Å². The van der Waals surface area contributed by atoms with Crippen LogP contribution in [0.1, 0.15) is 20.8 Å². The van der Waals surface area contributed by atoms with E-state index in [1.165, 1.54) is 0 Å². The SMILES string of the molecule is C/C(=N\SO)OC(C)C. The van der Waals surface area contributed by atoms with Gasteiger partial charge in [-0.25, -0.2) is 0 Å². The second-order valence-electron chi connectivity index (χ2n) is 1.86. The van der Waals surface area contributed by atoms with Crippen LogP contribution in [0.4, 0.5) is 0 Å². The van der Waals surface area contributed by atoms with Gasteiger partial charge in [-0.15, -0.1) is 0 Å². The Morgan fingerprint density at radius 2 is 2.22 bits per heavy atom. The average Bonchev–Trinajstić information content (AvgIpc) is 1.63. The van der Waals surface area contributed by atoms with Gasteiger partial charge in [0.1, 0.15) is 12.2 Å². The summed E-state index contributed by atoms with van der Waals surface area (Å²) in [7, 11) is 0. The Morgan fingerprint density at radius 1 is 1.67 bits per heavy atom. The molecule has 0 radical (unpaired) electrons. The van der Waals surface area contributed by atoms with Crippen LogP contribution in [0.25, 0.3) is 0 Å². The first-order valence-corrected chi connectivity index (χ1v) is 3.41. The number of ether oxygens (including phenoxy) is 1. The van der Waals surface area contributed by atoms with E-state index in [0.717, 1.165) is 0 Å². The van der Waals surface area contributed by atoms with Crippen molar-refractivity contribution in [1.29, 1.82) is 0 Å². The molecule has 0 bridgehead atoms. The monoisotopic (exact) mass is 149 g/mol. The molecule has 0 amide bonds. The van der Waals surface area contributed by atoms with Gasteiger partial charge in [0.15, 0.2) is 5.90 Å². The van der Waals surface area contributed by atoms with E-state index in [2.05, 4.69) is 4.40 Å². The van der Waals surface area contributed by atoms with Gasteiger partial charge in [0.2, 0.25) is 0 Å². The smallest absolute Gasteiger partial charge is 0.194 e. The predicted octanol–water partition coefficient (Wildman–Crippen LogP) is 1.95. The van der Waals surface area contributed by atoms with Gasteiger partial charge < -0.3 is 9.29 Å². The maximum absolute atomic E-state index is 8.20. The highest BCUT2D eigenvalue weighted by molar-refractivity contribution is 7.92. The molecule has 1 N–H and O–H groups in total. The van der Waals surface area contributed by atoms with Crippen LogP contribution in [0.15, 0.2) is 4.40 Å². The molecule has 0 rings (SSSR count). The Kier molecular flexibility index (Phi) is 4.53. The third-order valence-corrected chi connectivity index (χ3v) is 0.914. The molecule has 0 fully saturated rings. The number of hydrogen-bond acceptors (Lipinski definition) is 4. The van der Waals surface area contributed by atoms with E-state index in [4.69, 9.17) is 9.29 Å². The molecule has 0 unspecified atom stereocenters. The fourth-order valence-corrected chi connectivity index (χ4v) is 0.578. The summed E-state index contributed by atoms with van der Waals surface area (Å²) in [4.78, 5) is 0. The third kappa shape index (κ3) is 5.65. The number of rotatable bonds is 2. The quantitative estimate of drug-likeness (QED) is 0.282. The van der Waals surface area contributed by atoms with Crippen molar-refractivity contribution in [3.8, 4) is 0 Å². The lowest BCUT2D eigenvalue weighted by atomic mass is 10.5.